The van der Waals surface area contributed by atoms with Crippen molar-refractivity contribution in [3.8, 4) is 40.4 Å². The largest absolute Gasteiger partial charge is 0.475 e. The average Bonchev–Trinajstić information content (AvgIpc) is 3.84. The zero-order chi connectivity index (χ0) is 39.5. The van der Waals surface area contributed by atoms with Crippen LogP contribution in [0.15, 0.2) is 24.3 Å². The van der Waals surface area contributed by atoms with Crippen molar-refractivity contribution in [3.63, 3.8) is 0 Å². The standard InChI is InChI=1S/C43H52F3N5O4Si/c1-25(2)56(26(3)4,27(5)6)17-13-32-34(45)12-11-28-18-31(55-24-52-7)19-33(35(28)32)38-37(46)39-36-40(51-16-8-10-30(51)22-53-41(36)47-38)49-42(48-39)54-23-43-14-9-15-50(43)21-29(44)20-43/h11-12,18-19,25-27,29-30H,8-10,14-16,20-24H2,1-7H3/t29-,30?,43+/m1/s1. The molecule has 13 heteroatoms. The van der Waals surface area contributed by atoms with Crippen LogP contribution in [0.25, 0.3) is 32.9 Å². The highest BCUT2D eigenvalue weighted by Crippen LogP contribution is 2.46. The smallest absolute Gasteiger partial charge is 0.319 e. The quantitative estimate of drug-likeness (QED) is 0.0889. The number of hydrogen-bond donors (Lipinski definition) is 0. The number of aromatic nitrogens is 3. The van der Waals surface area contributed by atoms with E-state index in [0.717, 1.165) is 32.2 Å². The minimum atomic E-state index is -2.30. The lowest BCUT2D eigenvalue weighted by Crippen LogP contribution is -2.43. The fourth-order valence-corrected chi connectivity index (χ4v) is 15.5. The molecule has 2 aromatic carbocycles. The van der Waals surface area contributed by atoms with E-state index in [-0.39, 0.29) is 53.7 Å². The van der Waals surface area contributed by atoms with E-state index >= 15 is 8.78 Å². The number of fused-ring (bicyclic) bond motifs is 4. The molecular weight excluding hydrogens is 736 g/mol. The van der Waals surface area contributed by atoms with Crippen molar-refractivity contribution in [3.05, 3.63) is 41.5 Å². The number of nitrogens with zero attached hydrogens (tertiary/aromatic N) is 5. The summed E-state index contributed by atoms with van der Waals surface area (Å²) in [5.41, 5.74) is 4.56. The van der Waals surface area contributed by atoms with Gasteiger partial charge in [-0.15, -0.1) is 5.54 Å². The van der Waals surface area contributed by atoms with Crippen LogP contribution >= 0.6 is 0 Å². The van der Waals surface area contributed by atoms with Crippen LogP contribution in [-0.4, -0.2) is 92.4 Å². The molecule has 9 nitrogen and oxygen atoms in total. The Morgan fingerprint density at radius 3 is 2.52 bits per heavy atom. The second kappa shape index (κ2) is 15.0. The lowest BCUT2D eigenvalue weighted by molar-refractivity contribution is 0.0512. The number of alkyl halides is 1. The van der Waals surface area contributed by atoms with E-state index in [0.29, 0.717) is 70.5 Å². The summed E-state index contributed by atoms with van der Waals surface area (Å²) in [6.07, 6.45) is 3.04. The third kappa shape index (κ3) is 6.45. The average molecular weight is 788 g/mol. The Bertz CT molecular complexity index is 2210. The van der Waals surface area contributed by atoms with Gasteiger partial charge in [-0.2, -0.15) is 9.97 Å². The number of ether oxygens (including phenoxy) is 4. The molecule has 0 saturated carbocycles. The van der Waals surface area contributed by atoms with Gasteiger partial charge in [-0.25, -0.2) is 18.2 Å². The topological polar surface area (TPSA) is 82.1 Å². The van der Waals surface area contributed by atoms with Crippen LogP contribution in [0.4, 0.5) is 19.0 Å². The van der Waals surface area contributed by atoms with Crippen molar-refractivity contribution in [2.24, 2.45) is 0 Å². The molecule has 0 N–H and O–H groups in total. The van der Waals surface area contributed by atoms with Crippen LogP contribution in [0.3, 0.4) is 0 Å². The van der Waals surface area contributed by atoms with Crippen LogP contribution < -0.4 is 19.1 Å². The van der Waals surface area contributed by atoms with Gasteiger partial charge >= 0.3 is 6.01 Å². The van der Waals surface area contributed by atoms with Gasteiger partial charge in [-0.05, 0) is 72.4 Å². The molecule has 6 heterocycles. The molecule has 2 aromatic heterocycles. The van der Waals surface area contributed by atoms with Crippen molar-refractivity contribution in [1.82, 2.24) is 19.9 Å². The van der Waals surface area contributed by atoms with Crippen LogP contribution in [-0.2, 0) is 4.74 Å². The van der Waals surface area contributed by atoms with E-state index < -0.39 is 31.4 Å². The van der Waals surface area contributed by atoms with Gasteiger partial charge in [0.1, 0.15) is 61.4 Å². The fraction of sp³-hybridized carbons (Fsp3) is 0.558. The molecule has 0 amide bonds. The molecule has 298 valence electrons. The van der Waals surface area contributed by atoms with Crippen molar-refractivity contribution in [2.75, 3.05) is 51.7 Å². The van der Waals surface area contributed by atoms with Crippen molar-refractivity contribution >= 4 is 35.6 Å². The van der Waals surface area contributed by atoms with Crippen LogP contribution in [0.1, 0.15) is 79.2 Å². The Morgan fingerprint density at radius 2 is 1.77 bits per heavy atom. The maximum atomic E-state index is 17.6. The molecule has 0 aliphatic carbocycles. The lowest BCUT2D eigenvalue weighted by atomic mass is 9.95. The predicted octanol–water partition coefficient (Wildman–Crippen LogP) is 8.99. The second-order valence-corrected chi connectivity index (χ2v) is 22.6. The Balaban J connectivity index is 1.35. The Labute approximate surface area is 328 Å². The number of pyridine rings is 1. The fourth-order valence-electron chi connectivity index (χ4n) is 10.3. The molecular formula is C43H52F3N5O4Si. The molecule has 56 heavy (non-hydrogen) atoms. The number of benzene rings is 2. The number of hydrogen-bond acceptors (Lipinski definition) is 9. The molecule has 4 aliphatic rings. The highest BCUT2D eigenvalue weighted by molar-refractivity contribution is 6.90. The first-order valence-electron chi connectivity index (χ1n) is 20.1. The zero-order valence-electron chi connectivity index (χ0n) is 33.5. The minimum absolute atomic E-state index is 0.00239. The molecule has 3 saturated heterocycles. The summed E-state index contributed by atoms with van der Waals surface area (Å²) in [6.45, 7) is 15.6. The SMILES string of the molecule is COCOc1cc(-c2nc3c4c(nc(OC[C@@]56CCCN5C[C@H](F)C6)nc4c2F)N2CCCC2CO3)c2c(C#C[Si](C(C)C)(C(C)C)C(C)C)c(F)ccc2c1. The molecule has 3 fully saturated rings. The maximum absolute atomic E-state index is 17.6. The zero-order valence-corrected chi connectivity index (χ0v) is 34.5. The maximum Gasteiger partial charge on any atom is 0.319 e. The summed E-state index contributed by atoms with van der Waals surface area (Å²) < 4.78 is 72.5. The second-order valence-electron chi connectivity index (χ2n) is 17.0. The van der Waals surface area contributed by atoms with E-state index in [2.05, 4.69) is 62.8 Å². The molecule has 3 atom stereocenters. The van der Waals surface area contributed by atoms with Crippen LogP contribution in [0, 0.1) is 23.1 Å². The van der Waals surface area contributed by atoms with E-state index in [4.69, 9.17) is 33.9 Å². The number of anilines is 1. The van der Waals surface area contributed by atoms with Gasteiger partial charge in [-0.1, -0.05) is 53.5 Å². The van der Waals surface area contributed by atoms with E-state index in [1.807, 2.05) is 0 Å². The monoisotopic (exact) mass is 787 g/mol. The Morgan fingerprint density at radius 1 is 0.982 bits per heavy atom. The minimum Gasteiger partial charge on any atom is -0.475 e. The van der Waals surface area contributed by atoms with E-state index in [9.17, 15) is 4.39 Å². The molecule has 1 unspecified atom stereocenters. The Kier molecular flexibility index (Phi) is 10.4. The first kappa shape index (κ1) is 38.7. The predicted molar refractivity (Wildman–Crippen MR) is 215 cm³/mol. The van der Waals surface area contributed by atoms with Crippen LogP contribution in [0.2, 0.25) is 16.6 Å². The lowest BCUT2D eigenvalue weighted by Gasteiger charge is -2.38. The van der Waals surface area contributed by atoms with Gasteiger partial charge in [0.25, 0.3) is 0 Å². The number of methoxy groups -OCH3 is 1. The summed E-state index contributed by atoms with van der Waals surface area (Å²) in [6, 6.07) is 6.51. The summed E-state index contributed by atoms with van der Waals surface area (Å²) in [4.78, 5) is 18.8. The van der Waals surface area contributed by atoms with Gasteiger partial charge in [0.05, 0.1) is 17.1 Å². The number of rotatable bonds is 10. The highest BCUT2D eigenvalue weighted by atomic mass is 28.3. The van der Waals surface area contributed by atoms with Gasteiger partial charge in [0, 0.05) is 37.6 Å². The summed E-state index contributed by atoms with van der Waals surface area (Å²) >= 11 is 0. The van der Waals surface area contributed by atoms with Crippen molar-refractivity contribution in [2.45, 2.75) is 108 Å². The molecule has 4 aliphatic heterocycles. The normalized spacial score (nSPS) is 22.1. The van der Waals surface area contributed by atoms with Gasteiger partial charge < -0.3 is 23.8 Å². The van der Waals surface area contributed by atoms with Gasteiger partial charge in [0.2, 0.25) is 5.88 Å². The molecule has 0 spiro atoms. The Hall–Kier alpha value is -4.12. The summed E-state index contributed by atoms with van der Waals surface area (Å²) in [7, 11) is -0.780. The van der Waals surface area contributed by atoms with Crippen molar-refractivity contribution in [1.29, 1.82) is 0 Å². The van der Waals surface area contributed by atoms with Gasteiger partial charge in [0.15, 0.2) is 12.6 Å². The third-order valence-corrected chi connectivity index (χ3v) is 19.2. The molecule has 4 aromatic rings. The highest BCUT2D eigenvalue weighted by Gasteiger charge is 2.49. The third-order valence-electron chi connectivity index (χ3n) is 12.9. The molecule has 8 rings (SSSR count). The van der Waals surface area contributed by atoms with Crippen LogP contribution in [0.5, 0.6) is 17.6 Å². The van der Waals surface area contributed by atoms with E-state index in [1.165, 1.54) is 13.2 Å². The van der Waals surface area contributed by atoms with Crippen molar-refractivity contribution < 1.29 is 32.1 Å². The first-order chi connectivity index (χ1) is 26.9. The van der Waals surface area contributed by atoms with E-state index in [1.54, 1.807) is 18.2 Å². The summed E-state index contributed by atoms with van der Waals surface area (Å²) in [5, 5.41) is 1.38. The number of halogens is 3. The van der Waals surface area contributed by atoms with Gasteiger partial charge in [-0.3, -0.25) is 4.90 Å². The molecule has 0 radical (unpaired) electrons. The summed E-state index contributed by atoms with van der Waals surface area (Å²) in [5.74, 6) is 3.19. The molecule has 0 bridgehead atoms. The first-order valence-corrected chi connectivity index (χ1v) is 22.3.